The molecular formula is C22H28O6S. The molecule has 29 heavy (non-hydrogen) atoms. The van der Waals surface area contributed by atoms with Crippen molar-refractivity contribution >= 4 is 16.3 Å². The Morgan fingerprint density at radius 1 is 0.862 bits per heavy atom. The molecule has 2 aromatic rings. The van der Waals surface area contributed by atoms with E-state index in [4.69, 9.17) is 9.29 Å². The fourth-order valence-electron chi connectivity index (χ4n) is 3.04. The van der Waals surface area contributed by atoms with Crippen LogP contribution in [0, 0.1) is 0 Å². The van der Waals surface area contributed by atoms with Gasteiger partial charge >= 0.3 is 16.3 Å². The number of carboxylic acid groups (broad SMARTS) is 1. The molecule has 0 amide bonds. The standard InChI is InChI=1S/C22H28O6S/c1-13(2)16-10-19(14(3)4)21(20(11-16)15(5)6)29(25,26)28-18-9-7-8-17(12-18)27-22(23)24/h7-15H,1-6H3,(H,23,24). The van der Waals surface area contributed by atoms with Gasteiger partial charge in [0.15, 0.2) is 0 Å². The molecule has 0 radical (unpaired) electrons. The van der Waals surface area contributed by atoms with Crippen molar-refractivity contribution in [3.05, 3.63) is 53.1 Å². The van der Waals surface area contributed by atoms with Crippen LogP contribution in [0.1, 0.15) is 76.0 Å². The Morgan fingerprint density at radius 3 is 1.83 bits per heavy atom. The maximum Gasteiger partial charge on any atom is 0.511 e. The van der Waals surface area contributed by atoms with Crippen LogP contribution in [0.2, 0.25) is 0 Å². The molecule has 0 aliphatic rings. The summed E-state index contributed by atoms with van der Waals surface area (Å²) in [5.41, 5.74) is 2.49. The lowest BCUT2D eigenvalue weighted by Gasteiger charge is -2.22. The fourth-order valence-corrected chi connectivity index (χ4v) is 4.64. The summed E-state index contributed by atoms with van der Waals surface area (Å²) >= 11 is 0. The van der Waals surface area contributed by atoms with Crippen molar-refractivity contribution in [1.82, 2.24) is 0 Å². The zero-order chi connectivity index (χ0) is 21.9. The van der Waals surface area contributed by atoms with Gasteiger partial charge in [-0.3, -0.25) is 0 Å². The average molecular weight is 421 g/mol. The maximum atomic E-state index is 13.3. The smallest absolute Gasteiger partial charge is 0.449 e. The van der Waals surface area contributed by atoms with E-state index in [1.807, 2.05) is 39.8 Å². The van der Waals surface area contributed by atoms with Crippen LogP contribution in [0.3, 0.4) is 0 Å². The minimum Gasteiger partial charge on any atom is -0.449 e. The average Bonchev–Trinajstić information content (AvgIpc) is 2.59. The topological polar surface area (TPSA) is 89.9 Å². The van der Waals surface area contributed by atoms with Gasteiger partial charge in [0.25, 0.3) is 0 Å². The predicted molar refractivity (Wildman–Crippen MR) is 112 cm³/mol. The van der Waals surface area contributed by atoms with Gasteiger partial charge < -0.3 is 14.0 Å². The van der Waals surface area contributed by atoms with Gasteiger partial charge in [0.2, 0.25) is 0 Å². The largest absolute Gasteiger partial charge is 0.511 e. The lowest BCUT2D eigenvalue weighted by atomic mass is 9.89. The molecule has 0 unspecified atom stereocenters. The van der Waals surface area contributed by atoms with E-state index in [9.17, 15) is 13.2 Å². The van der Waals surface area contributed by atoms with E-state index in [0.717, 1.165) is 5.56 Å². The van der Waals surface area contributed by atoms with Gasteiger partial charge in [-0.25, -0.2) is 4.79 Å². The molecule has 0 saturated heterocycles. The van der Waals surface area contributed by atoms with Crippen molar-refractivity contribution in [3.8, 4) is 11.5 Å². The predicted octanol–water partition coefficient (Wildman–Crippen LogP) is 5.88. The summed E-state index contributed by atoms with van der Waals surface area (Å²) in [6, 6.07) is 9.42. The summed E-state index contributed by atoms with van der Waals surface area (Å²) in [5.74, 6) is 0.171. The van der Waals surface area contributed by atoms with Gasteiger partial charge in [0.1, 0.15) is 16.4 Å². The Morgan fingerprint density at radius 2 is 1.38 bits per heavy atom. The SMILES string of the molecule is CC(C)c1cc(C(C)C)c(S(=O)(=O)Oc2cccc(OC(=O)O)c2)c(C(C)C)c1. The monoisotopic (exact) mass is 420 g/mol. The molecule has 0 fully saturated rings. The van der Waals surface area contributed by atoms with Crippen molar-refractivity contribution < 1.29 is 27.2 Å². The molecule has 0 aliphatic carbocycles. The summed E-state index contributed by atoms with van der Waals surface area (Å²) in [7, 11) is -4.16. The molecule has 0 spiro atoms. The van der Waals surface area contributed by atoms with Crippen LogP contribution >= 0.6 is 0 Å². The van der Waals surface area contributed by atoms with E-state index in [-0.39, 0.29) is 34.1 Å². The quantitative estimate of drug-likeness (QED) is 0.342. The van der Waals surface area contributed by atoms with Crippen molar-refractivity contribution in [2.75, 3.05) is 0 Å². The third-order valence-corrected chi connectivity index (χ3v) is 5.93. The fraction of sp³-hybridized carbons (Fsp3) is 0.409. The summed E-state index contributed by atoms with van der Waals surface area (Å²) in [6.07, 6.45) is -1.49. The molecular weight excluding hydrogens is 392 g/mol. The summed E-state index contributed by atoms with van der Waals surface area (Å²) in [5, 5.41) is 8.75. The highest BCUT2D eigenvalue weighted by atomic mass is 32.2. The van der Waals surface area contributed by atoms with E-state index >= 15 is 0 Å². The van der Waals surface area contributed by atoms with Crippen LogP contribution in [0.5, 0.6) is 11.5 Å². The van der Waals surface area contributed by atoms with Gasteiger partial charge in [0.05, 0.1) is 0 Å². The van der Waals surface area contributed by atoms with E-state index < -0.39 is 16.3 Å². The van der Waals surface area contributed by atoms with Crippen molar-refractivity contribution in [2.24, 2.45) is 0 Å². The maximum absolute atomic E-state index is 13.3. The van der Waals surface area contributed by atoms with Crippen molar-refractivity contribution in [1.29, 1.82) is 0 Å². The molecule has 158 valence electrons. The molecule has 0 aromatic heterocycles. The highest BCUT2D eigenvalue weighted by molar-refractivity contribution is 7.87. The van der Waals surface area contributed by atoms with E-state index in [1.165, 1.54) is 24.3 Å². The second-order valence-corrected chi connectivity index (χ2v) is 9.36. The number of rotatable bonds is 7. The lowest BCUT2D eigenvalue weighted by molar-refractivity contribution is 0.144. The van der Waals surface area contributed by atoms with Gasteiger partial charge in [-0.2, -0.15) is 8.42 Å². The van der Waals surface area contributed by atoms with Crippen LogP contribution in [-0.4, -0.2) is 19.7 Å². The number of carbonyl (C=O) groups is 1. The normalized spacial score (nSPS) is 11.9. The van der Waals surface area contributed by atoms with Gasteiger partial charge in [-0.1, -0.05) is 59.7 Å². The minimum atomic E-state index is -4.16. The first-order chi connectivity index (χ1) is 13.4. The van der Waals surface area contributed by atoms with Crippen LogP contribution in [0.4, 0.5) is 4.79 Å². The first-order valence-electron chi connectivity index (χ1n) is 9.55. The van der Waals surface area contributed by atoms with Crippen LogP contribution in [-0.2, 0) is 10.1 Å². The Kier molecular flexibility index (Phi) is 6.95. The molecule has 0 heterocycles. The summed E-state index contributed by atoms with van der Waals surface area (Å²) in [4.78, 5) is 10.9. The first-order valence-corrected chi connectivity index (χ1v) is 11.0. The Bertz CT molecular complexity index is 961. The van der Waals surface area contributed by atoms with E-state index in [2.05, 4.69) is 18.6 Å². The van der Waals surface area contributed by atoms with Crippen molar-refractivity contribution in [2.45, 2.75) is 64.2 Å². The molecule has 0 saturated carbocycles. The van der Waals surface area contributed by atoms with Crippen LogP contribution in [0.25, 0.3) is 0 Å². The number of benzene rings is 2. The van der Waals surface area contributed by atoms with Crippen LogP contribution < -0.4 is 8.92 Å². The molecule has 0 aliphatic heterocycles. The highest BCUT2D eigenvalue weighted by Gasteiger charge is 2.28. The molecule has 0 bridgehead atoms. The van der Waals surface area contributed by atoms with E-state index in [1.54, 1.807) is 0 Å². The third kappa shape index (κ3) is 5.50. The third-order valence-electron chi connectivity index (χ3n) is 4.55. The van der Waals surface area contributed by atoms with Gasteiger partial charge in [-0.05, 0) is 46.6 Å². The Balaban J connectivity index is 2.60. The zero-order valence-corrected chi connectivity index (χ0v) is 18.4. The van der Waals surface area contributed by atoms with Gasteiger partial charge in [-0.15, -0.1) is 0 Å². The first kappa shape index (κ1) is 22.7. The molecule has 7 heteroatoms. The number of ether oxygens (including phenoxy) is 1. The molecule has 1 N–H and O–H groups in total. The molecule has 6 nitrogen and oxygen atoms in total. The van der Waals surface area contributed by atoms with Crippen molar-refractivity contribution in [3.63, 3.8) is 0 Å². The Hall–Kier alpha value is -2.54. The Labute approximate surface area is 172 Å². The lowest BCUT2D eigenvalue weighted by Crippen LogP contribution is -2.17. The molecule has 2 aromatic carbocycles. The molecule has 2 rings (SSSR count). The second-order valence-electron chi connectivity index (χ2n) is 7.87. The van der Waals surface area contributed by atoms with Crippen LogP contribution in [0.15, 0.2) is 41.3 Å². The zero-order valence-electron chi connectivity index (χ0n) is 17.6. The van der Waals surface area contributed by atoms with E-state index in [0.29, 0.717) is 11.1 Å². The number of hydrogen-bond acceptors (Lipinski definition) is 5. The highest BCUT2D eigenvalue weighted by Crippen LogP contribution is 2.36. The second kappa shape index (κ2) is 8.86. The summed E-state index contributed by atoms with van der Waals surface area (Å²) in [6.45, 7) is 11.9. The van der Waals surface area contributed by atoms with Gasteiger partial charge in [0, 0.05) is 6.07 Å². The minimum absolute atomic E-state index is 0.0129. The number of hydrogen-bond donors (Lipinski definition) is 1. The summed E-state index contributed by atoms with van der Waals surface area (Å²) < 4.78 is 36.5. The molecule has 0 atom stereocenters.